The normalized spacial score (nSPS) is 19.1. The fourth-order valence-electron chi connectivity index (χ4n) is 3.03. The van der Waals surface area contributed by atoms with Crippen molar-refractivity contribution in [3.63, 3.8) is 0 Å². The second-order valence-electron chi connectivity index (χ2n) is 6.37. The highest BCUT2D eigenvalue weighted by Gasteiger charge is 2.23. The highest BCUT2D eigenvalue weighted by molar-refractivity contribution is 7.89. The van der Waals surface area contributed by atoms with Crippen LogP contribution >= 0.6 is 11.6 Å². The summed E-state index contributed by atoms with van der Waals surface area (Å²) in [5.41, 5.74) is 0.771. The molecule has 6 nitrogen and oxygen atoms in total. The van der Waals surface area contributed by atoms with Gasteiger partial charge in [0.25, 0.3) is 0 Å². The molecule has 0 radical (unpaired) electrons. The monoisotopic (exact) mass is 390 g/mol. The van der Waals surface area contributed by atoms with Crippen molar-refractivity contribution in [3.8, 4) is 5.75 Å². The van der Waals surface area contributed by atoms with Crippen LogP contribution in [0.5, 0.6) is 5.75 Å². The number of benzene rings is 1. The Hall–Kier alpha value is -0.860. The summed E-state index contributed by atoms with van der Waals surface area (Å²) in [5, 5.41) is 9.67. The first kappa shape index (κ1) is 20.5. The number of ether oxygens (including phenoxy) is 1. The number of nitrogens with one attached hydrogen (secondary N) is 1. The molecule has 0 aromatic heterocycles. The summed E-state index contributed by atoms with van der Waals surface area (Å²) in [6.45, 7) is 6.82. The molecular weight excluding hydrogens is 364 g/mol. The topological polar surface area (TPSA) is 78.9 Å². The van der Waals surface area contributed by atoms with Crippen LogP contribution in [0.25, 0.3) is 0 Å². The minimum absolute atomic E-state index is 0.0665. The molecule has 2 rings (SSSR count). The Morgan fingerprint density at radius 1 is 1.44 bits per heavy atom. The molecular formula is C17H27ClN2O4S. The number of sulfonamides is 1. The van der Waals surface area contributed by atoms with E-state index in [4.69, 9.17) is 16.3 Å². The quantitative estimate of drug-likeness (QED) is 0.710. The number of aliphatic hydroxyl groups is 1. The Kier molecular flexibility index (Phi) is 7.51. The largest absolute Gasteiger partial charge is 0.492 e. The number of halogens is 1. The van der Waals surface area contributed by atoms with Gasteiger partial charge in [0, 0.05) is 31.3 Å². The molecule has 2 N–H and O–H groups in total. The Bertz CT molecular complexity index is 681. The van der Waals surface area contributed by atoms with Gasteiger partial charge in [-0.1, -0.05) is 11.6 Å². The van der Waals surface area contributed by atoms with Gasteiger partial charge in [0.1, 0.15) is 10.6 Å². The lowest BCUT2D eigenvalue weighted by Crippen LogP contribution is -2.41. The van der Waals surface area contributed by atoms with Gasteiger partial charge in [-0.05, 0) is 56.8 Å². The first-order valence-corrected chi connectivity index (χ1v) is 10.5. The fourth-order valence-corrected chi connectivity index (χ4v) is 4.43. The minimum atomic E-state index is -3.71. The van der Waals surface area contributed by atoms with E-state index in [-0.39, 0.29) is 17.4 Å². The molecule has 1 fully saturated rings. The maximum atomic E-state index is 12.6. The Morgan fingerprint density at radius 2 is 2.20 bits per heavy atom. The second-order valence-corrected chi connectivity index (χ2v) is 8.51. The van der Waals surface area contributed by atoms with E-state index in [2.05, 4.69) is 9.62 Å². The lowest BCUT2D eigenvalue weighted by atomic mass is 9.99. The van der Waals surface area contributed by atoms with Crippen LogP contribution in [0.1, 0.15) is 25.3 Å². The van der Waals surface area contributed by atoms with E-state index in [9.17, 15) is 13.5 Å². The molecule has 0 unspecified atom stereocenters. The molecule has 1 heterocycles. The molecule has 0 amide bonds. The maximum Gasteiger partial charge on any atom is 0.244 e. The third-order valence-corrected chi connectivity index (χ3v) is 6.29. The van der Waals surface area contributed by atoms with Crippen LogP contribution in [0.15, 0.2) is 17.0 Å². The molecule has 0 bridgehead atoms. The summed E-state index contributed by atoms with van der Waals surface area (Å²) < 4.78 is 33.4. The first-order valence-electron chi connectivity index (χ1n) is 8.63. The van der Waals surface area contributed by atoms with E-state index < -0.39 is 10.0 Å². The highest BCUT2D eigenvalue weighted by Crippen LogP contribution is 2.30. The zero-order valence-electron chi connectivity index (χ0n) is 14.8. The SMILES string of the molecule is CCOc1cc(C)c(Cl)cc1S(=O)(=O)NCCN1CCC[C@H](CO)C1. The van der Waals surface area contributed by atoms with E-state index in [1.165, 1.54) is 6.07 Å². The molecule has 1 saturated heterocycles. The van der Waals surface area contributed by atoms with Gasteiger partial charge in [-0.2, -0.15) is 0 Å². The van der Waals surface area contributed by atoms with Crippen LogP contribution in [0.3, 0.4) is 0 Å². The van der Waals surface area contributed by atoms with Crippen molar-refractivity contribution in [2.45, 2.75) is 31.6 Å². The van der Waals surface area contributed by atoms with Gasteiger partial charge in [-0.25, -0.2) is 13.1 Å². The molecule has 0 saturated carbocycles. The summed E-state index contributed by atoms with van der Waals surface area (Å²) in [6.07, 6.45) is 2.05. The van der Waals surface area contributed by atoms with Crippen LogP contribution in [-0.4, -0.2) is 57.8 Å². The Morgan fingerprint density at radius 3 is 2.88 bits per heavy atom. The summed E-state index contributed by atoms with van der Waals surface area (Å²) >= 11 is 6.10. The maximum absolute atomic E-state index is 12.6. The molecule has 1 aliphatic heterocycles. The molecule has 1 aliphatic rings. The number of aryl methyl sites for hydroxylation is 1. The molecule has 25 heavy (non-hydrogen) atoms. The number of nitrogens with zero attached hydrogens (tertiary/aromatic N) is 1. The van der Waals surface area contributed by atoms with Crippen LogP contribution in [0, 0.1) is 12.8 Å². The van der Waals surface area contributed by atoms with Gasteiger partial charge in [0.15, 0.2) is 0 Å². The van der Waals surface area contributed by atoms with Crippen LogP contribution in [-0.2, 0) is 10.0 Å². The lowest BCUT2D eigenvalue weighted by molar-refractivity contribution is 0.122. The van der Waals surface area contributed by atoms with E-state index in [1.807, 2.05) is 13.8 Å². The first-order chi connectivity index (χ1) is 11.9. The molecule has 1 aromatic rings. The fraction of sp³-hybridized carbons (Fsp3) is 0.647. The van der Waals surface area contributed by atoms with Gasteiger partial charge in [-0.3, -0.25) is 0 Å². The van der Waals surface area contributed by atoms with Gasteiger partial charge in [0.2, 0.25) is 10.0 Å². The average molecular weight is 391 g/mol. The van der Waals surface area contributed by atoms with E-state index in [0.29, 0.717) is 30.5 Å². The van der Waals surface area contributed by atoms with Crippen LogP contribution in [0.4, 0.5) is 0 Å². The molecule has 1 atom stereocenters. The predicted octanol–water partition coefficient (Wildman–Crippen LogP) is 2.03. The summed E-state index contributed by atoms with van der Waals surface area (Å²) in [6, 6.07) is 3.09. The third-order valence-electron chi connectivity index (χ3n) is 4.40. The zero-order valence-corrected chi connectivity index (χ0v) is 16.4. The number of aliphatic hydroxyl groups excluding tert-OH is 1. The van der Waals surface area contributed by atoms with Gasteiger partial charge in [0.05, 0.1) is 6.61 Å². The minimum Gasteiger partial charge on any atom is -0.492 e. The van der Waals surface area contributed by atoms with E-state index >= 15 is 0 Å². The average Bonchev–Trinajstić information content (AvgIpc) is 2.58. The second kappa shape index (κ2) is 9.19. The van der Waals surface area contributed by atoms with Gasteiger partial charge in [-0.15, -0.1) is 0 Å². The van der Waals surface area contributed by atoms with Crippen molar-refractivity contribution in [1.82, 2.24) is 9.62 Å². The molecule has 0 aliphatic carbocycles. The number of hydrogen-bond acceptors (Lipinski definition) is 5. The van der Waals surface area contributed by atoms with Crippen LogP contribution in [0.2, 0.25) is 5.02 Å². The standard InChI is InChI=1S/C17H27ClN2O4S/c1-3-24-16-9-13(2)15(18)10-17(16)25(22,23)19-6-8-20-7-4-5-14(11-20)12-21/h9-10,14,19,21H,3-8,11-12H2,1-2H3/t14-/m0/s1. The highest BCUT2D eigenvalue weighted by atomic mass is 35.5. The summed E-state index contributed by atoms with van der Waals surface area (Å²) in [4.78, 5) is 2.25. The van der Waals surface area contributed by atoms with Gasteiger partial charge < -0.3 is 14.7 Å². The van der Waals surface area contributed by atoms with Crippen molar-refractivity contribution in [1.29, 1.82) is 0 Å². The number of piperidine rings is 1. The van der Waals surface area contributed by atoms with Crippen molar-refractivity contribution in [2.75, 3.05) is 39.4 Å². The molecule has 1 aromatic carbocycles. The van der Waals surface area contributed by atoms with Crippen molar-refractivity contribution in [2.24, 2.45) is 5.92 Å². The predicted molar refractivity (Wildman–Crippen MR) is 98.8 cm³/mol. The number of rotatable bonds is 8. The van der Waals surface area contributed by atoms with Gasteiger partial charge >= 0.3 is 0 Å². The third kappa shape index (κ3) is 5.56. The summed E-state index contributed by atoms with van der Waals surface area (Å²) in [7, 11) is -3.71. The van der Waals surface area contributed by atoms with Crippen molar-refractivity contribution < 1.29 is 18.3 Å². The van der Waals surface area contributed by atoms with E-state index in [0.717, 1.165) is 31.5 Å². The van der Waals surface area contributed by atoms with Crippen molar-refractivity contribution in [3.05, 3.63) is 22.7 Å². The molecule has 8 heteroatoms. The molecule has 142 valence electrons. The Balaban J connectivity index is 2.03. The van der Waals surface area contributed by atoms with E-state index in [1.54, 1.807) is 6.07 Å². The lowest BCUT2D eigenvalue weighted by Gasteiger charge is -2.31. The number of hydrogen-bond donors (Lipinski definition) is 2. The number of likely N-dealkylation sites (tertiary alicyclic amines) is 1. The summed E-state index contributed by atoms with van der Waals surface area (Å²) in [5.74, 6) is 0.598. The van der Waals surface area contributed by atoms with Crippen LogP contribution < -0.4 is 9.46 Å². The molecule has 0 spiro atoms. The smallest absolute Gasteiger partial charge is 0.244 e. The Labute approximate surface area is 155 Å². The van der Waals surface area contributed by atoms with Crippen molar-refractivity contribution >= 4 is 21.6 Å². The zero-order chi connectivity index (χ0) is 18.4.